The van der Waals surface area contributed by atoms with Gasteiger partial charge in [0.05, 0.1) is 31.9 Å². The number of carbonyl (C=O) groups is 2. The lowest BCUT2D eigenvalue weighted by atomic mass is 9.93. The normalized spacial score (nSPS) is 12.6. The van der Waals surface area contributed by atoms with E-state index in [1.807, 2.05) is 92.7 Å². The highest BCUT2D eigenvalue weighted by atomic mass is 16.5. The molecule has 0 saturated carbocycles. The minimum Gasteiger partial charge on any atom is -0.497 e. The summed E-state index contributed by atoms with van der Waals surface area (Å²) in [5, 5.41) is 17.9. The fourth-order valence-electron chi connectivity index (χ4n) is 4.81. The topological polar surface area (TPSA) is 106 Å². The van der Waals surface area contributed by atoms with Gasteiger partial charge in [-0.2, -0.15) is 0 Å². The average molecular weight is 597 g/mol. The Bertz CT molecular complexity index is 1540. The highest BCUT2D eigenvalue weighted by Gasteiger charge is 2.27. The average Bonchev–Trinajstić information content (AvgIpc) is 3.06. The van der Waals surface area contributed by atoms with Gasteiger partial charge in [-0.05, 0) is 79.4 Å². The van der Waals surface area contributed by atoms with Crippen molar-refractivity contribution in [3.05, 3.63) is 131 Å². The molecule has 8 nitrogen and oxygen atoms in total. The standard InChI is InChI=1S/C36H40N2O6/c1-36(2,29-16-10-17-30(22-29)42-3)37-23-33(39)32(38-34(40)27-14-9-15-28(21-27)35(41)43-4)20-26-13-8-18-31(19-26)44-24-25-11-6-5-7-12-25/h5-19,21-22,32-33,37,39H,20,23-24H2,1-4H3,(H,38,40)/t32-,33+/m0/s1. The number of aliphatic hydroxyl groups excluding tert-OH is 1. The Kier molecular flexibility index (Phi) is 11.1. The highest BCUT2D eigenvalue weighted by Crippen LogP contribution is 2.24. The Morgan fingerprint density at radius 1 is 0.795 bits per heavy atom. The van der Waals surface area contributed by atoms with Crippen molar-refractivity contribution in [2.75, 3.05) is 20.8 Å². The fraction of sp³-hybridized carbons (Fsp3) is 0.278. The Morgan fingerprint density at radius 2 is 1.48 bits per heavy atom. The van der Waals surface area contributed by atoms with Gasteiger partial charge in [-0.1, -0.05) is 60.7 Å². The van der Waals surface area contributed by atoms with Crippen LogP contribution in [0.4, 0.5) is 0 Å². The van der Waals surface area contributed by atoms with Crippen LogP contribution in [-0.2, 0) is 23.3 Å². The Morgan fingerprint density at radius 3 is 2.23 bits per heavy atom. The van der Waals surface area contributed by atoms with E-state index in [1.165, 1.54) is 13.2 Å². The van der Waals surface area contributed by atoms with Gasteiger partial charge in [0, 0.05) is 17.6 Å². The van der Waals surface area contributed by atoms with Crippen LogP contribution in [-0.4, -0.2) is 49.9 Å². The van der Waals surface area contributed by atoms with E-state index in [0.717, 1.165) is 22.4 Å². The number of nitrogens with one attached hydrogen (secondary N) is 2. The monoisotopic (exact) mass is 596 g/mol. The number of hydrogen-bond acceptors (Lipinski definition) is 7. The van der Waals surface area contributed by atoms with Crippen LogP contribution >= 0.6 is 0 Å². The molecule has 0 unspecified atom stereocenters. The molecule has 0 aliphatic carbocycles. The van der Waals surface area contributed by atoms with Gasteiger partial charge in [0.1, 0.15) is 18.1 Å². The number of amides is 1. The molecule has 1 amide bonds. The van der Waals surface area contributed by atoms with E-state index in [1.54, 1.807) is 25.3 Å². The van der Waals surface area contributed by atoms with Crippen LogP contribution in [0.3, 0.4) is 0 Å². The molecule has 0 spiro atoms. The van der Waals surface area contributed by atoms with E-state index >= 15 is 0 Å². The zero-order valence-electron chi connectivity index (χ0n) is 25.6. The van der Waals surface area contributed by atoms with Crippen LogP contribution in [0.2, 0.25) is 0 Å². The predicted molar refractivity (Wildman–Crippen MR) is 170 cm³/mol. The Labute approximate surface area is 259 Å². The van der Waals surface area contributed by atoms with E-state index in [9.17, 15) is 14.7 Å². The summed E-state index contributed by atoms with van der Waals surface area (Å²) in [6.07, 6.45) is -0.616. The van der Waals surface area contributed by atoms with E-state index in [2.05, 4.69) is 10.6 Å². The quantitative estimate of drug-likeness (QED) is 0.170. The second-order valence-electron chi connectivity index (χ2n) is 11.1. The van der Waals surface area contributed by atoms with Gasteiger partial charge in [0.15, 0.2) is 0 Å². The summed E-state index contributed by atoms with van der Waals surface area (Å²) in [4.78, 5) is 25.4. The largest absolute Gasteiger partial charge is 0.497 e. The second kappa shape index (κ2) is 15.2. The van der Waals surface area contributed by atoms with Crippen molar-refractivity contribution in [3.63, 3.8) is 0 Å². The first kappa shape index (κ1) is 32.3. The van der Waals surface area contributed by atoms with Crippen molar-refractivity contribution in [2.45, 2.75) is 44.6 Å². The summed E-state index contributed by atoms with van der Waals surface area (Å²) in [6.45, 7) is 4.66. The molecule has 4 aromatic rings. The van der Waals surface area contributed by atoms with Crippen molar-refractivity contribution >= 4 is 11.9 Å². The molecule has 3 N–H and O–H groups in total. The third-order valence-electron chi connectivity index (χ3n) is 7.47. The van der Waals surface area contributed by atoms with Crippen LogP contribution in [0.1, 0.15) is 51.3 Å². The zero-order valence-corrected chi connectivity index (χ0v) is 25.6. The third-order valence-corrected chi connectivity index (χ3v) is 7.47. The van der Waals surface area contributed by atoms with E-state index in [-0.39, 0.29) is 17.7 Å². The molecular weight excluding hydrogens is 556 g/mol. The minimum absolute atomic E-state index is 0.196. The molecule has 4 rings (SSSR count). The molecule has 0 aromatic heterocycles. The maximum atomic E-state index is 13.4. The molecule has 0 saturated heterocycles. The number of benzene rings is 4. The summed E-state index contributed by atoms with van der Waals surface area (Å²) in [5.74, 6) is 0.483. The molecular formula is C36H40N2O6. The SMILES string of the molecule is COC(=O)c1cccc(C(=O)N[C@@H](Cc2cccc(OCc3ccccc3)c2)[C@H](O)CNC(C)(C)c2cccc(OC)c2)c1. The maximum absolute atomic E-state index is 13.4. The third kappa shape index (κ3) is 8.92. The number of ether oxygens (including phenoxy) is 3. The van der Waals surface area contributed by atoms with E-state index < -0.39 is 29.6 Å². The summed E-state index contributed by atoms with van der Waals surface area (Å²) in [7, 11) is 2.92. The summed E-state index contributed by atoms with van der Waals surface area (Å²) in [5.41, 5.74) is 2.99. The molecule has 0 radical (unpaired) electrons. The molecule has 2 atom stereocenters. The minimum atomic E-state index is -0.957. The number of esters is 1. The molecule has 0 aliphatic heterocycles. The van der Waals surface area contributed by atoms with Gasteiger partial charge < -0.3 is 30.0 Å². The first-order valence-corrected chi connectivity index (χ1v) is 14.5. The van der Waals surface area contributed by atoms with Gasteiger partial charge >= 0.3 is 5.97 Å². The van der Waals surface area contributed by atoms with E-state index in [4.69, 9.17) is 14.2 Å². The van der Waals surface area contributed by atoms with Gasteiger partial charge in [0.2, 0.25) is 0 Å². The lowest BCUT2D eigenvalue weighted by Crippen LogP contribution is -2.51. The number of carbonyl (C=O) groups excluding carboxylic acids is 2. The van der Waals surface area contributed by atoms with Gasteiger partial charge in [-0.25, -0.2) is 4.79 Å². The van der Waals surface area contributed by atoms with Crippen LogP contribution in [0.15, 0.2) is 103 Å². The van der Waals surface area contributed by atoms with Crippen LogP contribution in [0.5, 0.6) is 11.5 Å². The summed E-state index contributed by atoms with van der Waals surface area (Å²) in [6, 6.07) is 30.9. The van der Waals surface area contributed by atoms with Crippen LogP contribution in [0, 0.1) is 0 Å². The van der Waals surface area contributed by atoms with Gasteiger partial charge in [-0.3, -0.25) is 4.79 Å². The van der Waals surface area contributed by atoms with Crippen molar-refractivity contribution in [2.24, 2.45) is 0 Å². The molecule has 0 heterocycles. The van der Waals surface area contributed by atoms with Crippen molar-refractivity contribution in [1.29, 1.82) is 0 Å². The Hall–Kier alpha value is -4.66. The number of hydrogen-bond donors (Lipinski definition) is 3. The molecule has 4 aromatic carbocycles. The second-order valence-corrected chi connectivity index (χ2v) is 11.1. The highest BCUT2D eigenvalue weighted by molar-refractivity contribution is 5.98. The van der Waals surface area contributed by atoms with Crippen molar-refractivity contribution < 1.29 is 28.9 Å². The fourth-order valence-corrected chi connectivity index (χ4v) is 4.81. The van der Waals surface area contributed by atoms with Crippen molar-refractivity contribution in [1.82, 2.24) is 10.6 Å². The smallest absolute Gasteiger partial charge is 0.337 e. The number of methoxy groups -OCH3 is 2. The molecule has 0 aliphatic rings. The molecule has 0 fully saturated rings. The van der Waals surface area contributed by atoms with Crippen molar-refractivity contribution in [3.8, 4) is 11.5 Å². The zero-order chi connectivity index (χ0) is 31.5. The predicted octanol–water partition coefficient (Wildman–Crippen LogP) is 5.29. The molecule has 0 bridgehead atoms. The lowest BCUT2D eigenvalue weighted by Gasteiger charge is -2.31. The van der Waals surface area contributed by atoms with Crippen LogP contribution < -0.4 is 20.1 Å². The molecule has 230 valence electrons. The maximum Gasteiger partial charge on any atom is 0.337 e. The first-order valence-electron chi connectivity index (χ1n) is 14.5. The molecule has 8 heteroatoms. The molecule has 44 heavy (non-hydrogen) atoms. The number of aliphatic hydroxyl groups is 1. The first-order chi connectivity index (χ1) is 21.2. The number of rotatable bonds is 14. The summed E-state index contributed by atoms with van der Waals surface area (Å²) >= 11 is 0. The van der Waals surface area contributed by atoms with Crippen LogP contribution in [0.25, 0.3) is 0 Å². The Balaban J connectivity index is 1.52. The lowest BCUT2D eigenvalue weighted by molar-refractivity contribution is 0.0600. The summed E-state index contributed by atoms with van der Waals surface area (Å²) < 4.78 is 16.2. The van der Waals surface area contributed by atoms with Gasteiger partial charge in [0.25, 0.3) is 5.91 Å². The van der Waals surface area contributed by atoms with E-state index in [0.29, 0.717) is 18.8 Å². The van der Waals surface area contributed by atoms with Gasteiger partial charge in [-0.15, -0.1) is 0 Å².